The lowest BCUT2D eigenvalue weighted by Gasteiger charge is -2.36. The van der Waals surface area contributed by atoms with Gasteiger partial charge in [0.1, 0.15) is 12.3 Å². The standard InChI is InChI=1S/C23H32FN5O/c1-4-28-15-20-23(29(5-2)16-28)26-22(27(20)3)9-7-17-6-8-21(19(24)14-17)30-18-10-12-25-13-11-18/h6-9,14-15,18,22,25H,4-5,10-13,16H2,1-3H3/b9-7+. The van der Waals surface area contributed by atoms with Gasteiger partial charge in [-0.15, -0.1) is 0 Å². The van der Waals surface area contributed by atoms with Crippen LogP contribution >= 0.6 is 0 Å². The highest BCUT2D eigenvalue weighted by Gasteiger charge is 2.33. The number of ether oxygens (including phenoxy) is 1. The van der Waals surface area contributed by atoms with E-state index in [4.69, 9.17) is 9.73 Å². The zero-order valence-electron chi connectivity index (χ0n) is 18.1. The summed E-state index contributed by atoms with van der Waals surface area (Å²) in [5.41, 5.74) is 1.95. The summed E-state index contributed by atoms with van der Waals surface area (Å²) in [6.07, 6.45) is 7.97. The smallest absolute Gasteiger partial charge is 0.165 e. The molecule has 1 aromatic carbocycles. The van der Waals surface area contributed by atoms with Crippen LogP contribution in [0.2, 0.25) is 0 Å². The third kappa shape index (κ3) is 4.31. The predicted octanol–water partition coefficient (Wildman–Crippen LogP) is 3.10. The van der Waals surface area contributed by atoms with Crippen molar-refractivity contribution in [2.45, 2.75) is 39.0 Å². The van der Waals surface area contributed by atoms with Gasteiger partial charge in [0.25, 0.3) is 0 Å². The first kappa shape index (κ1) is 20.7. The van der Waals surface area contributed by atoms with E-state index in [0.29, 0.717) is 5.75 Å². The van der Waals surface area contributed by atoms with Crippen molar-refractivity contribution >= 4 is 11.9 Å². The highest BCUT2D eigenvalue weighted by molar-refractivity contribution is 6.00. The van der Waals surface area contributed by atoms with Crippen LogP contribution in [0.1, 0.15) is 32.3 Å². The van der Waals surface area contributed by atoms with Gasteiger partial charge >= 0.3 is 0 Å². The lowest BCUT2D eigenvalue weighted by Crippen LogP contribution is -2.45. The number of nitrogens with zero attached hydrogens (tertiary/aromatic N) is 4. The van der Waals surface area contributed by atoms with Gasteiger partial charge in [0.05, 0.1) is 12.4 Å². The van der Waals surface area contributed by atoms with Gasteiger partial charge in [-0.1, -0.05) is 12.1 Å². The molecule has 0 aromatic heterocycles. The lowest BCUT2D eigenvalue weighted by atomic mass is 10.1. The second-order valence-corrected chi connectivity index (χ2v) is 8.01. The lowest BCUT2D eigenvalue weighted by molar-refractivity contribution is 0.156. The molecule has 0 amide bonds. The van der Waals surface area contributed by atoms with Gasteiger partial charge < -0.3 is 24.8 Å². The summed E-state index contributed by atoms with van der Waals surface area (Å²) in [4.78, 5) is 11.7. The molecule has 0 spiro atoms. The molecule has 1 saturated heterocycles. The van der Waals surface area contributed by atoms with Crippen molar-refractivity contribution in [3.8, 4) is 5.75 Å². The van der Waals surface area contributed by atoms with Crippen molar-refractivity contribution in [2.24, 2.45) is 4.99 Å². The van der Waals surface area contributed by atoms with Crippen molar-refractivity contribution < 1.29 is 9.13 Å². The molecule has 3 aliphatic heterocycles. The molecule has 0 radical (unpaired) electrons. The Labute approximate surface area is 178 Å². The maximum Gasteiger partial charge on any atom is 0.165 e. The van der Waals surface area contributed by atoms with Crippen LogP contribution in [-0.2, 0) is 0 Å². The molecule has 162 valence electrons. The highest BCUT2D eigenvalue weighted by atomic mass is 19.1. The average Bonchev–Trinajstić information content (AvgIpc) is 3.09. The molecule has 0 bridgehead atoms. The van der Waals surface area contributed by atoms with Gasteiger partial charge in [-0.3, -0.25) is 0 Å². The Balaban J connectivity index is 1.46. The SMILES string of the molecule is CCN1C=C2C(=NC(/C=C/c3ccc(OC4CCNCC4)c(F)c3)N2C)N(CC)C1. The number of piperidine rings is 1. The van der Waals surface area contributed by atoms with E-state index in [0.717, 1.165) is 62.8 Å². The van der Waals surface area contributed by atoms with Crippen LogP contribution < -0.4 is 10.1 Å². The summed E-state index contributed by atoms with van der Waals surface area (Å²) in [7, 11) is 2.06. The van der Waals surface area contributed by atoms with Crippen LogP contribution in [0, 0.1) is 5.82 Å². The van der Waals surface area contributed by atoms with E-state index in [1.807, 2.05) is 18.2 Å². The summed E-state index contributed by atoms with van der Waals surface area (Å²) >= 11 is 0. The van der Waals surface area contributed by atoms with Gasteiger partial charge in [-0.05, 0) is 63.6 Å². The molecule has 1 N–H and O–H groups in total. The molecule has 30 heavy (non-hydrogen) atoms. The van der Waals surface area contributed by atoms with Gasteiger partial charge in [-0.2, -0.15) is 0 Å². The van der Waals surface area contributed by atoms with Crippen molar-refractivity contribution in [1.82, 2.24) is 20.0 Å². The van der Waals surface area contributed by atoms with Gasteiger partial charge in [0.15, 0.2) is 17.4 Å². The van der Waals surface area contributed by atoms with Crippen LogP contribution in [0.15, 0.2) is 41.2 Å². The number of hydrogen-bond acceptors (Lipinski definition) is 6. The largest absolute Gasteiger partial charge is 0.487 e. The Bertz CT molecular complexity index is 846. The summed E-state index contributed by atoms with van der Waals surface area (Å²) in [6.45, 7) is 8.90. The number of amidine groups is 1. The molecule has 4 rings (SSSR count). The molecule has 1 atom stereocenters. The Morgan fingerprint density at radius 1 is 1.23 bits per heavy atom. The molecule has 1 unspecified atom stereocenters. The third-order valence-electron chi connectivity index (χ3n) is 6.00. The molecule has 0 saturated carbocycles. The minimum Gasteiger partial charge on any atom is -0.487 e. The zero-order chi connectivity index (χ0) is 21.1. The first-order valence-electron chi connectivity index (χ1n) is 11.0. The van der Waals surface area contributed by atoms with E-state index in [1.54, 1.807) is 12.1 Å². The average molecular weight is 414 g/mol. The fourth-order valence-electron chi connectivity index (χ4n) is 4.09. The molecule has 6 nitrogen and oxygen atoms in total. The number of benzene rings is 1. The topological polar surface area (TPSA) is 43.3 Å². The van der Waals surface area contributed by atoms with Crippen molar-refractivity contribution in [3.63, 3.8) is 0 Å². The van der Waals surface area contributed by atoms with E-state index in [9.17, 15) is 4.39 Å². The minimum atomic E-state index is -0.311. The normalized spacial score (nSPS) is 22.4. The van der Waals surface area contributed by atoms with Crippen LogP contribution in [0.5, 0.6) is 5.75 Å². The summed E-state index contributed by atoms with van der Waals surface area (Å²) in [6, 6.07) is 5.18. The summed E-state index contributed by atoms with van der Waals surface area (Å²) in [5, 5.41) is 3.29. The molecule has 1 aromatic rings. The Morgan fingerprint density at radius 3 is 2.73 bits per heavy atom. The third-order valence-corrected chi connectivity index (χ3v) is 6.00. The monoisotopic (exact) mass is 413 g/mol. The number of rotatable bonds is 6. The minimum absolute atomic E-state index is 0.0888. The first-order valence-corrected chi connectivity index (χ1v) is 11.0. The van der Waals surface area contributed by atoms with E-state index >= 15 is 0 Å². The number of fused-ring (bicyclic) bond motifs is 1. The van der Waals surface area contributed by atoms with Crippen molar-refractivity contribution in [1.29, 1.82) is 0 Å². The zero-order valence-corrected chi connectivity index (χ0v) is 18.1. The maximum absolute atomic E-state index is 14.6. The Kier molecular flexibility index (Phi) is 6.27. The second-order valence-electron chi connectivity index (χ2n) is 8.01. The fraction of sp³-hybridized carbons (Fsp3) is 0.522. The number of aliphatic imine (C=N–C) groups is 1. The van der Waals surface area contributed by atoms with Crippen LogP contribution in [0.4, 0.5) is 4.39 Å². The highest BCUT2D eigenvalue weighted by Crippen LogP contribution is 2.27. The molecule has 3 heterocycles. The van der Waals surface area contributed by atoms with Crippen LogP contribution in [-0.4, -0.2) is 72.7 Å². The number of nitrogens with one attached hydrogen (secondary N) is 1. The molecular weight excluding hydrogens is 381 g/mol. The number of likely N-dealkylation sites (N-methyl/N-ethyl adjacent to an activating group) is 2. The fourth-order valence-corrected chi connectivity index (χ4v) is 4.09. The van der Waals surface area contributed by atoms with E-state index < -0.39 is 0 Å². The van der Waals surface area contributed by atoms with Gasteiger partial charge in [0, 0.05) is 26.3 Å². The molecule has 0 aliphatic carbocycles. The molecule has 1 fully saturated rings. The Morgan fingerprint density at radius 2 is 2.03 bits per heavy atom. The molecule has 7 heteroatoms. The molecular formula is C23H32FN5O. The Hall–Kier alpha value is -2.54. The van der Waals surface area contributed by atoms with E-state index in [2.05, 4.69) is 47.1 Å². The second kappa shape index (κ2) is 9.08. The molecule has 3 aliphatic rings. The predicted molar refractivity (Wildman–Crippen MR) is 119 cm³/mol. The number of hydrogen-bond donors (Lipinski definition) is 1. The number of halogens is 1. The van der Waals surface area contributed by atoms with Crippen LogP contribution in [0.3, 0.4) is 0 Å². The summed E-state index contributed by atoms with van der Waals surface area (Å²) in [5.74, 6) is 1.07. The quantitative estimate of drug-likeness (QED) is 0.776. The maximum atomic E-state index is 14.6. The van der Waals surface area contributed by atoms with Crippen LogP contribution in [0.25, 0.3) is 6.08 Å². The van der Waals surface area contributed by atoms with E-state index in [-0.39, 0.29) is 18.1 Å². The van der Waals surface area contributed by atoms with Crippen molar-refractivity contribution in [3.05, 3.63) is 47.6 Å². The summed E-state index contributed by atoms with van der Waals surface area (Å²) < 4.78 is 20.4. The first-order chi connectivity index (χ1) is 14.6. The van der Waals surface area contributed by atoms with E-state index in [1.165, 1.54) is 0 Å². The van der Waals surface area contributed by atoms with Gasteiger partial charge in [-0.25, -0.2) is 9.38 Å². The van der Waals surface area contributed by atoms with Crippen molar-refractivity contribution in [2.75, 3.05) is 39.9 Å². The van der Waals surface area contributed by atoms with Gasteiger partial charge in [0.2, 0.25) is 0 Å².